The van der Waals surface area contributed by atoms with Crippen LogP contribution in [0.4, 0.5) is 10.1 Å². The van der Waals surface area contributed by atoms with Crippen LogP contribution in [0.5, 0.6) is 11.5 Å². The van der Waals surface area contributed by atoms with Gasteiger partial charge in [0.15, 0.2) is 11.5 Å². The Morgan fingerprint density at radius 2 is 1.76 bits per heavy atom. The van der Waals surface area contributed by atoms with Crippen molar-refractivity contribution in [3.8, 4) is 11.5 Å². The second kappa shape index (κ2) is 9.86. The zero-order chi connectivity index (χ0) is 20.8. The van der Waals surface area contributed by atoms with Crippen molar-refractivity contribution in [1.82, 2.24) is 0 Å². The Morgan fingerprint density at radius 1 is 0.931 bits per heavy atom. The van der Waals surface area contributed by atoms with E-state index in [1.807, 2.05) is 50.2 Å². The molecule has 0 atom stereocenters. The molecule has 3 nitrogen and oxygen atoms in total. The molecular weight excluding hydrogens is 412 g/mol. The Balaban J connectivity index is 1.71. The van der Waals surface area contributed by atoms with Crippen molar-refractivity contribution in [3.63, 3.8) is 0 Å². The maximum atomic E-state index is 14.0. The van der Waals surface area contributed by atoms with Gasteiger partial charge in [-0.25, -0.2) is 4.39 Å². The lowest BCUT2D eigenvalue weighted by atomic mass is 10.1. The zero-order valence-corrected chi connectivity index (χ0v) is 17.8. The second-order valence-corrected chi connectivity index (χ2v) is 7.33. The summed E-state index contributed by atoms with van der Waals surface area (Å²) in [6, 6.07) is 16.1. The molecule has 0 bridgehead atoms. The topological polar surface area (TPSA) is 30.5 Å². The minimum Gasteiger partial charge on any atom is -0.490 e. The lowest BCUT2D eigenvalue weighted by Gasteiger charge is -2.15. The molecule has 0 aliphatic carbocycles. The number of hydrogen-bond acceptors (Lipinski definition) is 3. The van der Waals surface area contributed by atoms with E-state index in [-0.39, 0.29) is 6.61 Å². The number of ether oxygens (including phenoxy) is 2. The molecule has 0 spiro atoms. The molecule has 0 aliphatic rings. The maximum absolute atomic E-state index is 14.0. The van der Waals surface area contributed by atoms with Crippen LogP contribution in [0.15, 0.2) is 54.6 Å². The lowest BCUT2D eigenvalue weighted by molar-refractivity contribution is 0.265. The third-order valence-electron chi connectivity index (χ3n) is 4.41. The normalized spacial score (nSPS) is 10.7. The summed E-state index contributed by atoms with van der Waals surface area (Å²) in [5, 5.41) is 4.40. The molecule has 1 N–H and O–H groups in total. The first kappa shape index (κ1) is 21.3. The predicted molar refractivity (Wildman–Crippen MR) is 117 cm³/mol. The smallest absolute Gasteiger partial charge is 0.161 e. The largest absolute Gasteiger partial charge is 0.490 e. The van der Waals surface area contributed by atoms with Crippen LogP contribution >= 0.6 is 23.2 Å². The molecule has 6 heteroatoms. The van der Waals surface area contributed by atoms with Gasteiger partial charge in [0.2, 0.25) is 0 Å². The Hall–Kier alpha value is -2.43. The summed E-state index contributed by atoms with van der Waals surface area (Å²) in [7, 11) is 0. The third kappa shape index (κ3) is 5.55. The van der Waals surface area contributed by atoms with Crippen molar-refractivity contribution in [2.24, 2.45) is 0 Å². The van der Waals surface area contributed by atoms with Gasteiger partial charge in [0, 0.05) is 22.8 Å². The highest BCUT2D eigenvalue weighted by Crippen LogP contribution is 2.31. The molecule has 0 radical (unpaired) electrons. The summed E-state index contributed by atoms with van der Waals surface area (Å²) in [4.78, 5) is 0. The van der Waals surface area contributed by atoms with Crippen LogP contribution in [0.2, 0.25) is 10.0 Å². The van der Waals surface area contributed by atoms with Crippen molar-refractivity contribution < 1.29 is 13.9 Å². The van der Waals surface area contributed by atoms with Gasteiger partial charge in [-0.05, 0) is 61.4 Å². The van der Waals surface area contributed by atoms with Crippen molar-refractivity contribution in [1.29, 1.82) is 0 Å². The molecule has 0 unspecified atom stereocenters. The number of anilines is 1. The van der Waals surface area contributed by atoms with E-state index < -0.39 is 5.82 Å². The zero-order valence-electron chi connectivity index (χ0n) is 16.3. The highest BCUT2D eigenvalue weighted by atomic mass is 35.5. The number of aryl methyl sites for hydroxylation is 1. The SMILES string of the molecule is CCOc1cc(CNc2ccc(C)c(Cl)c2)ccc1OCc1c(F)cccc1Cl. The van der Waals surface area contributed by atoms with Crippen molar-refractivity contribution >= 4 is 28.9 Å². The first-order valence-electron chi connectivity index (χ1n) is 9.29. The first-order chi connectivity index (χ1) is 14.0. The summed E-state index contributed by atoms with van der Waals surface area (Å²) in [5.74, 6) is 0.738. The Kier molecular flexibility index (Phi) is 7.24. The summed E-state index contributed by atoms with van der Waals surface area (Å²) in [6.07, 6.45) is 0. The molecule has 3 aromatic carbocycles. The quantitative estimate of drug-likeness (QED) is 0.413. The predicted octanol–water partition coefficient (Wildman–Crippen LogP) is 7.03. The van der Waals surface area contributed by atoms with Crippen LogP contribution in [0, 0.1) is 12.7 Å². The summed E-state index contributed by atoms with van der Waals surface area (Å²) < 4.78 is 25.5. The van der Waals surface area contributed by atoms with Crippen molar-refractivity contribution in [2.45, 2.75) is 27.0 Å². The van der Waals surface area contributed by atoms with Crippen LogP contribution < -0.4 is 14.8 Å². The number of benzene rings is 3. The molecule has 0 fully saturated rings. The minimum absolute atomic E-state index is 0.0189. The van der Waals surface area contributed by atoms with E-state index in [1.54, 1.807) is 12.1 Å². The average Bonchev–Trinajstić information content (AvgIpc) is 2.70. The minimum atomic E-state index is -0.395. The highest BCUT2D eigenvalue weighted by Gasteiger charge is 2.11. The lowest BCUT2D eigenvalue weighted by Crippen LogP contribution is -2.04. The number of nitrogens with one attached hydrogen (secondary N) is 1. The molecule has 0 heterocycles. The van der Waals surface area contributed by atoms with Crippen molar-refractivity contribution in [2.75, 3.05) is 11.9 Å². The molecule has 3 rings (SSSR count). The second-order valence-electron chi connectivity index (χ2n) is 6.52. The van der Waals surface area contributed by atoms with E-state index in [0.717, 1.165) is 21.8 Å². The summed E-state index contributed by atoms with van der Waals surface area (Å²) in [6.45, 7) is 4.97. The van der Waals surface area contributed by atoms with Crippen LogP contribution in [-0.4, -0.2) is 6.61 Å². The molecule has 0 amide bonds. The fraction of sp³-hybridized carbons (Fsp3) is 0.217. The summed E-state index contributed by atoms with van der Waals surface area (Å²) >= 11 is 12.3. The van der Waals surface area contributed by atoms with E-state index in [0.29, 0.717) is 35.2 Å². The molecule has 0 aromatic heterocycles. The van der Waals surface area contributed by atoms with Crippen LogP contribution in [0.3, 0.4) is 0 Å². The molecule has 0 aliphatic heterocycles. The molecule has 0 saturated carbocycles. The Morgan fingerprint density at radius 3 is 2.48 bits per heavy atom. The van der Waals surface area contributed by atoms with Gasteiger partial charge in [-0.1, -0.05) is 41.4 Å². The Labute approximate surface area is 180 Å². The number of rotatable bonds is 8. The van der Waals surface area contributed by atoms with Crippen LogP contribution in [0.25, 0.3) is 0 Å². The van der Waals surface area contributed by atoms with Crippen LogP contribution in [-0.2, 0) is 13.2 Å². The van der Waals surface area contributed by atoms with E-state index in [1.165, 1.54) is 6.07 Å². The standard InChI is InChI=1S/C23H22Cl2FNO2/c1-3-28-23-11-16(13-27-17-9-7-15(2)20(25)12-17)8-10-22(23)29-14-18-19(24)5-4-6-21(18)26/h4-12,27H,3,13-14H2,1-2H3. The van der Waals surface area contributed by atoms with Gasteiger partial charge in [-0.3, -0.25) is 0 Å². The fourth-order valence-electron chi connectivity index (χ4n) is 2.78. The molecule has 152 valence electrons. The Bertz CT molecular complexity index is 974. The van der Waals surface area contributed by atoms with Gasteiger partial charge < -0.3 is 14.8 Å². The first-order valence-corrected chi connectivity index (χ1v) is 10.0. The monoisotopic (exact) mass is 433 g/mol. The van der Waals surface area contributed by atoms with Gasteiger partial charge in [-0.15, -0.1) is 0 Å². The van der Waals surface area contributed by atoms with Gasteiger partial charge in [0.05, 0.1) is 11.6 Å². The number of halogens is 3. The van der Waals surface area contributed by atoms with E-state index in [9.17, 15) is 4.39 Å². The highest BCUT2D eigenvalue weighted by molar-refractivity contribution is 6.31. The third-order valence-corrected chi connectivity index (χ3v) is 5.17. The van der Waals surface area contributed by atoms with Gasteiger partial charge >= 0.3 is 0 Å². The molecule has 3 aromatic rings. The van der Waals surface area contributed by atoms with E-state index in [4.69, 9.17) is 32.7 Å². The molecular formula is C23H22Cl2FNO2. The fourth-order valence-corrected chi connectivity index (χ4v) is 3.18. The molecule has 29 heavy (non-hydrogen) atoms. The molecule has 0 saturated heterocycles. The van der Waals surface area contributed by atoms with Crippen molar-refractivity contribution in [3.05, 3.63) is 87.2 Å². The van der Waals surface area contributed by atoms with Gasteiger partial charge in [-0.2, -0.15) is 0 Å². The number of hydrogen-bond donors (Lipinski definition) is 1. The van der Waals surface area contributed by atoms with Gasteiger partial charge in [0.1, 0.15) is 12.4 Å². The van der Waals surface area contributed by atoms with E-state index in [2.05, 4.69) is 5.32 Å². The van der Waals surface area contributed by atoms with Gasteiger partial charge in [0.25, 0.3) is 0 Å². The van der Waals surface area contributed by atoms with E-state index >= 15 is 0 Å². The van der Waals surface area contributed by atoms with Crippen LogP contribution in [0.1, 0.15) is 23.6 Å². The average molecular weight is 434 g/mol. The maximum Gasteiger partial charge on any atom is 0.161 e. The summed E-state index contributed by atoms with van der Waals surface area (Å²) in [5.41, 5.74) is 3.31.